The van der Waals surface area contributed by atoms with Gasteiger partial charge in [-0.2, -0.15) is 0 Å². The van der Waals surface area contributed by atoms with Gasteiger partial charge in [0.2, 0.25) is 0 Å². The highest BCUT2D eigenvalue weighted by Crippen LogP contribution is 2.34. The van der Waals surface area contributed by atoms with Crippen molar-refractivity contribution in [2.45, 2.75) is 48.0 Å². The van der Waals surface area contributed by atoms with Crippen molar-refractivity contribution >= 4 is 0 Å². The molecule has 0 atom stereocenters. The molecule has 0 saturated carbocycles. The molecule has 0 aliphatic rings. The van der Waals surface area contributed by atoms with Crippen molar-refractivity contribution in [1.82, 2.24) is 0 Å². The predicted octanol–water partition coefficient (Wildman–Crippen LogP) is 6.81. The van der Waals surface area contributed by atoms with Gasteiger partial charge in [0.25, 0.3) is 0 Å². The van der Waals surface area contributed by atoms with E-state index < -0.39 is 0 Å². The largest absolute Gasteiger partial charge is 0.0987 e. The molecular weight excluding hydrogens is 252 g/mol. The molecule has 0 N–H and O–H groups in total. The lowest BCUT2D eigenvalue weighted by Crippen LogP contribution is -2.14. The first-order valence-corrected chi connectivity index (χ1v) is 7.83. The van der Waals surface area contributed by atoms with Gasteiger partial charge in [0.1, 0.15) is 0 Å². The Kier molecular flexibility index (Phi) is 8.69. The summed E-state index contributed by atoms with van der Waals surface area (Å²) in [6.45, 7) is 21.1. The highest BCUT2D eigenvalue weighted by Gasteiger charge is 2.21. The van der Waals surface area contributed by atoms with E-state index in [9.17, 15) is 0 Å². The van der Waals surface area contributed by atoms with Crippen LogP contribution in [0.5, 0.6) is 0 Å². The summed E-state index contributed by atoms with van der Waals surface area (Å²) in [6.07, 6.45) is 15.8. The van der Waals surface area contributed by atoms with Crippen LogP contribution in [0.15, 0.2) is 72.4 Å². The normalized spacial score (nSPS) is 14.4. The zero-order valence-electron chi connectivity index (χ0n) is 14.7. The van der Waals surface area contributed by atoms with E-state index in [1.807, 2.05) is 6.08 Å². The highest BCUT2D eigenvalue weighted by molar-refractivity contribution is 5.40. The van der Waals surface area contributed by atoms with Crippen LogP contribution < -0.4 is 0 Å². The molecule has 0 aromatic heterocycles. The molecule has 0 fully saturated rings. The van der Waals surface area contributed by atoms with Crippen LogP contribution in [0, 0.1) is 11.3 Å². The van der Waals surface area contributed by atoms with E-state index in [4.69, 9.17) is 0 Å². The Bertz CT molecular complexity index is 462. The first kappa shape index (κ1) is 19.4. The SMILES string of the molecule is C=C/C(=C(\C=C/C)C(C)C)C(C)(C)C=C/C=C/C(=C)CC. The lowest BCUT2D eigenvalue weighted by atomic mass is 9.78. The summed E-state index contributed by atoms with van der Waals surface area (Å²) in [5.74, 6) is 0.484. The number of hydrogen-bond donors (Lipinski definition) is 0. The molecule has 0 aromatic carbocycles. The molecule has 0 rings (SSSR count). The molecule has 0 unspecified atom stereocenters. The molecule has 0 amide bonds. The molecule has 0 nitrogen and oxygen atoms in total. The fraction of sp³-hybridized carbons (Fsp3) is 0.429. The Hall–Kier alpha value is -1.56. The smallest absolute Gasteiger partial charge is 0.00810 e. The molecule has 21 heavy (non-hydrogen) atoms. The van der Waals surface area contributed by atoms with E-state index >= 15 is 0 Å². The van der Waals surface area contributed by atoms with Gasteiger partial charge < -0.3 is 0 Å². The van der Waals surface area contributed by atoms with Crippen LogP contribution in [0.3, 0.4) is 0 Å². The third-order valence-corrected chi connectivity index (χ3v) is 3.59. The fourth-order valence-electron chi connectivity index (χ4n) is 2.22. The molecule has 0 aromatic rings. The predicted molar refractivity (Wildman–Crippen MR) is 98.4 cm³/mol. The Morgan fingerprint density at radius 3 is 2.19 bits per heavy atom. The van der Waals surface area contributed by atoms with E-state index in [2.05, 4.69) is 91.2 Å². The Balaban J connectivity index is 5.47. The maximum Gasteiger partial charge on any atom is 0.00810 e. The minimum Gasteiger partial charge on any atom is -0.0987 e. The van der Waals surface area contributed by atoms with Gasteiger partial charge in [0.05, 0.1) is 0 Å². The van der Waals surface area contributed by atoms with Crippen molar-refractivity contribution in [3.8, 4) is 0 Å². The van der Waals surface area contributed by atoms with E-state index in [0.717, 1.165) is 12.0 Å². The molecule has 116 valence electrons. The van der Waals surface area contributed by atoms with Gasteiger partial charge in [0, 0.05) is 5.41 Å². The van der Waals surface area contributed by atoms with Crippen LogP contribution in [-0.4, -0.2) is 0 Å². The summed E-state index contributed by atoms with van der Waals surface area (Å²) in [5.41, 5.74) is 3.74. The maximum atomic E-state index is 4.02. The van der Waals surface area contributed by atoms with E-state index in [0.29, 0.717) is 5.92 Å². The van der Waals surface area contributed by atoms with Crippen molar-refractivity contribution in [2.24, 2.45) is 11.3 Å². The summed E-state index contributed by atoms with van der Waals surface area (Å²) >= 11 is 0. The molecule has 0 heteroatoms. The minimum atomic E-state index is -0.0429. The number of hydrogen-bond acceptors (Lipinski definition) is 0. The summed E-state index contributed by atoms with van der Waals surface area (Å²) in [6, 6.07) is 0. The van der Waals surface area contributed by atoms with Crippen LogP contribution in [0.25, 0.3) is 0 Å². The maximum absolute atomic E-state index is 4.02. The quantitative estimate of drug-likeness (QED) is 0.430. The fourth-order valence-corrected chi connectivity index (χ4v) is 2.22. The standard InChI is InChI=1S/C21H32/c1-9-14-19(17(4)5)20(11-3)21(7,8)16-13-12-15-18(6)10-2/h9,11-17H,3,6,10H2,1-2,4-5,7-8H3/b14-9-,15-12+,16-13?,20-19-. The third kappa shape index (κ3) is 6.62. The van der Waals surface area contributed by atoms with E-state index in [1.165, 1.54) is 11.1 Å². The molecule has 0 aliphatic carbocycles. The van der Waals surface area contributed by atoms with Crippen molar-refractivity contribution in [3.63, 3.8) is 0 Å². The van der Waals surface area contributed by atoms with Gasteiger partial charge >= 0.3 is 0 Å². The first-order chi connectivity index (χ1) is 9.80. The zero-order valence-corrected chi connectivity index (χ0v) is 14.7. The van der Waals surface area contributed by atoms with Crippen LogP contribution in [-0.2, 0) is 0 Å². The zero-order chi connectivity index (χ0) is 16.5. The third-order valence-electron chi connectivity index (χ3n) is 3.59. The second kappa shape index (κ2) is 9.39. The summed E-state index contributed by atoms with van der Waals surface area (Å²) in [4.78, 5) is 0. The van der Waals surface area contributed by atoms with Crippen LogP contribution in [0.1, 0.15) is 48.0 Å². The average molecular weight is 284 g/mol. The summed E-state index contributed by atoms with van der Waals surface area (Å²) in [7, 11) is 0. The van der Waals surface area contributed by atoms with Gasteiger partial charge in [-0.05, 0) is 30.4 Å². The Morgan fingerprint density at radius 2 is 1.76 bits per heavy atom. The van der Waals surface area contributed by atoms with Crippen molar-refractivity contribution < 1.29 is 0 Å². The van der Waals surface area contributed by atoms with E-state index in [1.54, 1.807) is 0 Å². The molecule has 0 radical (unpaired) electrons. The highest BCUT2D eigenvalue weighted by atomic mass is 14.3. The second-order valence-electron chi connectivity index (χ2n) is 6.18. The molecule has 0 bridgehead atoms. The van der Waals surface area contributed by atoms with Gasteiger partial charge in [-0.15, -0.1) is 0 Å². The molecule has 0 heterocycles. The van der Waals surface area contributed by atoms with Crippen LogP contribution in [0.4, 0.5) is 0 Å². The van der Waals surface area contributed by atoms with Crippen LogP contribution in [0.2, 0.25) is 0 Å². The molecule has 0 saturated heterocycles. The monoisotopic (exact) mass is 284 g/mol. The lowest BCUT2D eigenvalue weighted by molar-refractivity contribution is 0.578. The number of rotatable bonds is 8. The van der Waals surface area contributed by atoms with Crippen molar-refractivity contribution in [2.75, 3.05) is 0 Å². The van der Waals surface area contributed by atoms with Gasteiger partial charge in [-0.3, -0.25) is 0 Å². The average Bonchev–Trinajstić information content (AvgIpc) is 2.42. The molecule has 0 spiro atoms. The molecule has 0 aliphatic heterocycles. The minimum absolute atomic E-state index is 0.0429. The summed E-state index contributed by atoms with van der Waals surface area (Å²) < 4.78 is 0. The van der Waals surface area contributed by atoms with Crippen molar-refractivity contribution in [1.29, 1.82) is 0 Å². The van der Waals surface area contributed by atoms with Gasteiger partial charge in [-0.1, -0.05) is 95.9 Å². The van der Waals surface area contributed by atoms with Crippen LogP contribution >= 0.6 is 0 Å². The first-order valence-electron chi connectivity index (χ1n) is 7.83. The molecular formula is C21H32. The van der Waals surface area contributed by atoms with Crippen molar-refractivity contribution in [3.05, 3.63) is 72.4 Å². The Morgan fingerprint density at radius 1 is 1.14 bits per heavy atom. The topological polar surface area (TPSA) is 0 Å². The lowest BCUT2D eigenvalue weighted by Gasteiger charge is -2.26. The summed E-state index contributed by atoms with van der Waals surface area (Å²) in [5, 5.41) is 0. The van der Waals surface area contributed by atoms with Gasteiger partial charge in [0.15, 0.2) is 0 Å². The second-order valence-corrected chi connectivity index (χ2v) is 6.18. The van der Waals surface area contributed by atoms with E-state index in [-0.39, 0.29) is 5.41 Å². The number of allylic oxidation sites excluding steroid dienone is 10. The van der Waals surface area contributed by atoms with Gasteiger partial charge in [-0.25, -0.2) is 0 Å². The Labute approximate surface area is 132 Å².